The van der Waals surface area contributed by atoms with Crippen LogP contribution >= 0.6 is 15.9 Å². The summed E-state index contributed by atoms with van der Waals surface area (Å²) in [5.74, 6) is 1.55. The van der Waals surface area contributed by atoms with Gasteiger partial charge in [0.1, 0.15) is 5.82 Å². The Kier molecular flexibility index (Phi) is 7.51. The summed E-state index contributed by atoms with van der Waals surface area (Å²) in [5.41, 5.74) is 16.7. The summed E-state index contributed by atoms with van der Waals surface area (Å²) in [4.78, 5) is 9.52. The molecule has 0 spiro atoms. The van der Waals surface area contributed by atoms with Crippen molar-refractivity contribution in [1.29, 1.82) is 0 Å². The highest BCUT2D eigenvalue weighted by Gasteiger charge is 2.18. The number of aromatic nitrogens is 2. The Morgan fingerprint density at radius 2 is 1.86 bits per heavy atom. The number of hydrogen-bond acceptors (Lipinski definition) is 4. The number of rotatable bonds is 6. The minimum atomic E-state index is 0.254. The summed E-state index contributed by atoms with van der Waals surface area (Å²) in [6.07, 6.45) is 9.57. The van der Waals surface area contributed by atoms with Crippen LogP contribution in [0.2, 0.25) is 0 Å². The molecule has 1 aromatic heterocycles. The summed E-state index contributed by atoms with van der Waals surface area (Å²) in [6.45, 7) is 17.2. The van der Waals surface area contributed by atoms with E-state index >= 15 is 0 Å². The van der Waals surface area contributed by atoms with Crippen LogP contribution in [-0.4, -0.2) is 9.97 Å². The zero-order chi connectivity index (χ0) is 26.1. The van der Waals surface area contributed by atoms with E-state index in [4.69, 9.17) is 10.7 Å². The standard InChI is InChI=1S/C31H35BrN4/c1-8-17(2)11-20(5)23-12-21(6)28(22(7)13-23)26-15-24(32)16-27-29(26)35-31(36-30(27)33)34-25-10-9-18(3)19(4)14-25/h9-16,19-20H,3,8H2,1-2,4-7H3,(H3,33,34,35,36)/b17-11+. The van der Waals surface area contributed by atoms with E-state index < -0.39 is 0 Å². The third-order valence-electron chi connectivity index (χ3n) is 6.98. The van der Waals surface area contributed by atoms with Crippen molar-refractivity contribution in [2.75, 3.05) is 11.1 Å². The Bertz CT molecular complexity index is 1420. The molecule has 0 saturated heterocycles. The topological polar surface area (TPSA) is 63.8 Å². The van der Waals surface area contributed by atoms with Crippen molar-refractivity contribution in [3.05, 3.63) is 93.2 Å². The fraction of sp³-hybridized carbons (Fsp3) is 0.290. The molecule has 0 radical (unpaired) electrons. The molecular formula is C31H35BrN4. The number of fused-ring (bicyclic) bond motifs is 1. The Labute approximate surface area is 223 Å². The molecule has 1 heterocycles. The molecule has 0 bridgehead atoms. The molecule has 36 heavy (non-hydrogen) atoms. The molecule has 2 atom stereocenters. The van der Waals surface area contributed by atoms with Gasteiger partial charge in [0.25, 0.3) is 0 Å². The van der Waals surface area contributed by atoms with Gasteiger partial charge in [-0.05, 0) is 79.1 Å². The van der Waals surface area contributed by atoms with E-state index in [1.807, 2.05) is 18.2 Å². The summed E-state index contributed by atoms with van der Waals surface area (Å²) in [5, 5.41) is 4.18. The lowest BCUT2D eigenvalue weighted by molar-refractivity contribution is 0.877. The maximum absolute atomic E-state index is 6.46. The summed E-state index contributed by atoms with van der Waals surface area (Å²) in [7, 11) is 0. The first kappa shape index (κ1) is 25.9. The second-order valence-corrected chi connectivity index (χ2v) is 10.8. The summed E-state index contributed by atoms with van der Waals surface area (Å²) < 4.78 is 0.948. The summed E-state index contributed by atoms with van der Waals surface area (Å²) in [6, 6.07) is 8.72. The lowest BCUT2D eigenvalue weighted by atomic mass is 9.88. The highest BCUT2D eigenvalue weighted by molar-refractivity contribution is 9.10. The Hall–Kier alpha value is -3.18. The van der Waals surface area contributed by atoms with E-state index in [2.05, 4.69) is 105 Å². The number of nitrogens with zero attached hydrogens (tertiary/aromatic N) is 2. The number of aryl methyl sites for hydroxylation is 2. The number of halogens is 1. The van der Waals surface area contributed by atoms with Gasteiger partial charge in [-0.15, -0.1) is 0 Å². The fourth-order valence-electron chi connectivity index (χ4n) is 4.79. The van der Waals surface area contributed by atoms with Crippen LogP contribution in [0.1, 0.15) is 56.7 Å². The first-order chi connectivity index (χ1) is 17.1. The van der Waals surface area contributed by atoms with Gasteiger partial charge >= 0.3 is 0 Å². The van der Waals surface area contributed by atoms with Crippen LogP contribution in [0.5, 0.6) is 0 Å². The van der Waals surface area contributed by atoms with Crippen molar-refractivity contribution in [1.82, 2.24) is 9.97 Å². The molecule has 3 aromatic rings. The van der Waals surface area contributed by atoms with Crippen molar-refractivity contribution in [2.45, 2.75) is 53.9 Å². The van der Waals surface area contributed by atoms with Crippen LogP contribution in [0.15, 0.2) is 76.5 Å². The van der Waals surface area contributed by atoms with Gasteiger partial charge in [-0.1, -0.05) is 79.2 Å². The quantitative estimate of drug-likeness (QED) is 0.305. The van der Waals surface area contributed by atoms with Gasteiger partial charge in [-0.2, -0.15) is 4.98 Å². The fourth-order valence-corrected chi connectivity index (χ4v) is 5.24. The molecule has 0 amide bonds. The van der Waals surface area contributed by atoms with Crippen molar-refractivity contribution >= 4 is 38.6 Å². The molecule has 1 aliphatic rings. The molecule has 2 aromatic carbocycles. The van der Waals surface area contributed by atoms with E-state index in [1.165, 1.54) is 27.8 Å². The van der Waals surface area contributed by atoms with Crippen LogP contribution in [0.25, 0.3) is 22.0 Å². The van der Waals surface area contributed by atoms with Gasteiger partial charge in [0.2, 0.25) is 5.95 Å². The summed E-state index contributed by atoms with van der Waals surface area (Å²) >= 11 is 3.69. The second-order valence-electron chi connectivity index (χ2n) is 9.91. The maximum Gasteiger partial charge on any atom is 0.229 e. The predicted molar refractivity (Wildman–Crippen MR) is 158 cm³/mol. The first-order valence-electron chi connectivity index (χ1n) is 12.5. The van der Waals surface area contributed by atoms with Crippen LogP contribution in [0.3, 0.4) is 0 Å². The molecule has 2 unspecified atom stereocenters. The molecule has 186 valence electrons. The molecule has 0 fully saturated rings. The molecular weight excluding hydrogens is 508 g/mol. The molecule has 0 saturated carbocycles. The number of nitrogens with two attached hydrogens (primary N) is 1. The van der Waals surface area contributed by atoms with Crippen LogP contribution in [0.4, 0.5) is 11.8 Å². The van der Waals surface area contributed by atoms with Crippen LogP contribution in [-0.2, 0) is 0 Å². The number of hydrogen-bond donors (Lipinski definition) is 2. The number of benzene rings is 2. The van der Waals surface area contributed by atoms with Gasteiger partial charge in [0.05, 0.1) is 5.52 Å². The lowest BCUT2D eigenvalue weighted by Gasteiger charge is -2.19. The molecule has 4 nitrogen and oxygen atoms in total. The van der Waals surface area contributed by atoms with Crippen LogP contribution < -0.4 is 11.1 Å². The Morgan fingerprint density at radius 3 is 2.50 bits per heavy atom. The molecule has 4 rings (SSSR count). The largest absolute Gasteiger partial charge is 0.383 e. The number of nitrogens with one attached hydrogen (secondary N) is 1. The number of nitrogen functional groups attached to an aromatic ring is 1. The van der Waals surface area contributed by atoms with Crippen molar-refractivity contribution in [3.8, 4) is 11.1 Å². The first-order valence-corrected chi connectivity index (χ1v) is 13.3. The molecule has 3 N–H and O–H groups in total. The SMILES string of the molecule is C=C1C=CC(Nc2nc(N)c3cc(Br)cc(-c4c(C)cc(C(C)/C=C(\C)CC)cc4C)c3n2)=CC1C. The number of allylic oxidation sites excluding steroid dienone is 6. The monoisotopic (exact) mass is 542 g/mol. The van der Waals surface area contributed by atoms with Gasteiger partial charge in [0.15, 0.2) is 0 Å². The van der Waals surface area contributed by atoms with Gasteiger partial charge in [0, 0.05) is 27.0 Å². The van der Waals surface area contributed by atoms with Gasteiger partial charge in [-0.25, -0.2) is 4.98 Å². The van der Waals surface area contributed by atoms with Crippen molar-refractivity contribution < 1.29 is 0 Å². The highest BCUT2D eigenvalue weighted by atomic mass is 79.9. The van der Waals surface area contributed by atoms with Crippen molar-refractivity contribution in [3.63, 3.8) is 0 Å². The smallest absolute Gasteiger partial charge is 0.229 e. The third kappa shape index (κ3) is 5.31. The van der Waals surface area contributed by atoms with Gasteiger partial charge in [-0.3, -0.25) is 0 Å². The minimum absolute atomic E-state index is 0.254. The average molecular weight is 544 g/mol. The second kappa shape index (κ2) is 10.4. The zero-order valence-corrected chi connectivity index (χ0v) is 23.6. The lowest BCUT2D eigenvalue weighted by Crippen LogP contribution is -2.09. The van der Waals surface area contributed by atoms with Crippen LogP contribution in [0, 0.1) is 19.8 Å². The minimum Gasteiger partial charge on any atom is -0.383 e. The van der Waals surface area contributed by atoms with Crippen molar-refractivity contribution in [2.24, 2.45) is 5.92 Å². The van der Waals surface area contributed by atoms with E-state index in [1.54, 1.807) is 0 Å². The maximum atomic E-state index is 6.46. The van der Waals surface area contributed by atoms with Gasteiger partial charge < -0.3 is 11.1 Å². The molecule has 0 aliphatic heterocycles. The Morgan fingerprint density at radius 1 is 1.17 bits per heavy atom. The highest BCUT2D eigenvalue weighted by Crippen LogP contribution is 2.38. The van der Waals surface area contributed by atoms with E-state index in [-0.39, 0.29) is 5.92 Å². The molecule has 5 heteroatoms. The Balaban J connectivity index is 1.83. The average Bonchev–Trinajstić information content (AvgIpc) is 2.81. The third-order valence-corrected chi connectivity index (χ3v) is 7.44. The normalized spacial score (nSPS) is 16.9. The van der Waals surface area contributed by atoms with E-state index in [0.717, 1.165) is 38.6 Å². The predicted octanol–water partition coefficient (Wildman–Crippen LogP) is 8.78. The zero-order valence-electron chi connectivity index (χ0n) is 22.0. The van der Waals surface area contributed by atoms with E-state index in [9.17, 15) is 0 Å². The number of anilines is 2. The molecule has 1 aliphatic carbocycles. The van der Waals surface area contributed by atoms with E-state index in [0.29, 0.717) is 17.7 Å².